The van der Waals surface area contributed by atoms with Crippen molar-refractivity contribution in [1.29, 1.82) is 0 Å². The number of benzene rings is 1. The third-order valence-electron chi connectivity index (χ3n) is 3.30. The van der Waals surface area contributed by atoms with Gasteiger partial charge in [0, 0.05) is 12.6 Å². The molecule has 0 aliphatic rings. The number of phenolic OH excluding ortho intramolecular Hbond substituents is 1. The maximum absolute atomic E-state index is 11.6. The second-order valence-electron chi connectivity index (χ2n) is 4.73. The lowest BCUT2D eigenvalue weighted by Gasteiger charge is -2.05. The van der Waals surface area contributed by atoms with Gasteiger partial charge < -0.3 is 14.2 Å². The molecule has 5 nitrogen and oxygen atoms in total. The first kappa shape index (κ1) is 13.2. The van der Waals surface area contributed by atoms with Gasteiger partial charge in [-0.05, 0) is 29.8 Å². The molecule has 0 unspecified atom stereocenters. The van der Waals surface area contributed by atoms with Crippen molar-refractivity contribution in [3.05, 3.63) is 65.7 Å². The van der Waals surface area contributed by atoms with Gasteiger partial charge in [-0.15, -0.1) is 0 Å². The highest BCUT2D eigenvalue weighted by molar-refractivity contribution is 5.89. The van der Waals surface area contributed by atoms with E-state index in [2.05, 4.69) is 4.98 Å². The third kappa shape index (κ3) is 2.58. The summed E-state index contributed by atoms with van der Waals surface area (Å²) in [6.07, 6.45) is 4.03. The summed E-state index contributed by atoms with van der Waals surface area (Å²) < 4.78 is 6.59. The van der Waals surface area contributed by atoms with Crippen LogP contribution in [0, 0.1) is 0 Å². The highest BCUT2D eigenvalue weighted by atomic mass is 16.5. The first-order valence-electron chi connectivity index (χ1n) is 6.49. The molecule has 3 rings (SSSR count). The number of hydrogen-bond acceptors (Lipinski definition) is 4. The first-order valence-corrected chi connectivity index (χ1v) is 6.49. The Kier molecular flexibility index (Phi) is 3.31. The van der Waals surface area contributed by atoms with E-state index in [0.717, 1.165) is 16.9 Å². The van der Waals surface area contributed by atoms with Gasteiger partial charge in [-0.1, -0.05) is 12.1 Å². The van der Waals surface area contributed by atoms with E-state index in [1.165, 1.54) is 7.11 Å². The first-order chi connectivity index (χ1) is 10.2. The average molecular weight is 282 g/mol. The van der Waals surface area contributed by atoms with Crippen LogP contribution in [0.25, 0.3) is 5.52 Å². The van der Waals surface area contributed by atoms with Crippen molar-refractivity contribution in [3.63, 3.8) is 0 Å². The molecule has 0 spiro atoms. The summed E-state index contributed by atoms with van der Waals surface area (Å²) in [5.41, 5.74) is 2.32. The van der Waals surface area contributed by atoms with Crippen molar-refractivity contribution in [2.24, 2.45) is 0 Å². The van der Waals surface area contributed by atoms with E-state index in [0.29, 0.717) is 12.0 Å². The molecule has 0 amide bonds. The number of rotatable bonds is 3. The van der Waals surface area contributed by atoms with Crippen LogP contribution >= 0.6 is 0 Å². The third-order valence-corrected chi connectivity index (χ3v) is 3.30. The predicted octanol–water partition coefficient (Wildman–Crippen LogP) is 2.42. The van der Waals surface area contributed by atoms with E-state index in [-0.39, 0.29) is 11.7 Å². The second-order valence-corrected chi connectivity index (χ2v) is 4.73. The number of ether oxygens (including phenoxy) is 1. The number of carbonyl (C=O) groups is 1. The largest absolute Gasteiger partial charge is 0.508 e. The highest BCUT2D eigenvalue weighted by Crippen LogP contribution is 2.16. The summed E-state index contributed by atoms with van der Waals surface area (Å²) in [6.45, 7) is 0. The van der Waals surface area contributed by atoms with Crippen LogP contribution < -0.4 is 0 Å². The van der Waals surface area contributed by atoms with E-state index >= 15 is 0 Å². The lowest BCUT2D eigenvalue weighted by Crippen LogP contribution is -2.04. The maximum atomic E-state index is 11.6. The molecular formula is C16H14N2O3. The van der Waals surface area contributed by atoms with Crippen molar-refractivity contribution in [1.82, 2.24) is 9.38 Å². The number of pyridine rings is 1. The Morgan fingerprint density at radius 2 is 2.19 bits per heavy atom. The Balaban J connectivity index is 2.00. The fourth-order valence-electron chi connectivity index (χ4n) is 2.26. The van der Waals surface area contributed by atoms with Crippen LogP contribution in [0.4, 0.5) is 0 Å². The van der Waals surface area contributed by atoms with Crippen molar-refractivity contribution in [2.45, 2.75) is 6.42 Å². The summed E-state index contributed by atoms with van der Waals surface area (Å²) in [5, 5.41) is 9.52. The minimum absolute atomic E-state index is 0.226. The Labute approximate surface area is 121 Å². The van der Waals surface area contributed by atoms with Crippen LogP contribution in [0.1, 0.15) is 21.7 Å². The van der Waals surface area contributed by atoms with Crippen LogP contribution in [0.3, 0.4) is 0 Å². The molecule has 0 fully saturated rings. The number of nitrogens with zero attached hydrogens (tertiary/aromatic N) is 2. The predicted molar refractivity (Wildman–Crippen MR) is 77.4 cm³/mol. The quantitative estimate of drug-likeness (QED) is 0.749. The summed E-state index contributed by atoms with van der Waals surface area (Å²) >= 11 is 0. The lowest BCUT2D eigenvalue weighted by molar-refractivity contribution is 0.0600. The fraction of sp³-hybridized carbons (Fsp3) is 0.125. The molecule has 1 aromatic carbocycles. The van der Waals surface area contributed by atoms with Gasteiger partial charge in [0.25, 0.3) is 0 Å². The lowest BCUT2D eigenvalue weighted by atomic mass is 10.1. The number of hydrogen-bond donors (Lipinski definition) is 1. The molecule has 0 aliphatic carbocycles. The molecule has 0 atom stereocenters. The number of methoxy groups -OCH3 is 1. The molecule has 2 aromatic heterocycles. The molecule has 0 saturated heterocycles. The molecule has 0 saturated carbocycles. The van der Waals surface area contributed by atoms with Crippen LogP contribution in [-0.2, 0) is 11.2 Å². The Bertz CT molecular complexity index is 808. The van der Waals surface area contributed by atoms with Gasteiger partial charge in [-0.3, -0.25) is 0 Å². The van der Waals surface area contributed by atoms with Crippen molar-refractivity contribution >= 4 is 11.5 Å². The molecule has 0 aliphatic heterocycles. The van der Waals surface area contributed by atoms with E-state index in [4.69, 9.17) is 4.74 Å². The highest BCUT2D eigenvalue weighted by Gasteiger charge is 2.10. The summed E-state index contributed by atoms with van der Waals surface area (Å²) in [4.78, 5) is 16.0. The summed E-state index contributed by atoms with van der Waals surface area (Å²) in [6, 6.07) is 10.6. The Morgan fingerprint density at radius 1 is 1.33 bits per heavy atom. The van der Waals surface area contributed by atoms with E-state index in [1.807, 2.05) is 16.5 Å². The van der Waals surface area contributed by atoms with Crippen LogP contribution in [0.5, 0.6) is 5.75 Å². The molecule has 3 aromatic rings. The zero-order valence-corrected chi connectivity index (χ0v) is 11.5. The molecule has 0 bridgehead atoms. The van der Waals surface area contributed by atoms with Gasteiger partial charge in [-0.2, -0.15) is 0 Å². The Morgan fingerprint density at radius 3 is 2.95 bits per heavy atom. The molecule has 106 valence electrons. The van der Waals surface area contributed by atoms with Crippen LogP contribution in [0.2, 0.25) is 0 Å². The number of aromatic hydroxyl groups is 1. The van der Waals surface area contributed by atoms with Crippen LogP contribution in [0.15, 0.2) is 48.8 Å². The van der Waals surface area contributed by atoms with E-state index in [1.54, 1.807) is 36.7 Å². The molecule has 21 heavy (non-hydrogen) atoms. The van der Waals surface area contributed by atoms with Crippen LogP contribution in [-0.4, -0.2) is 27.6 Å². The van der Waals surface area contributed by atoms with Gasteiger partial charge in [0.05, 0.1) is 24.4 Å². The molecule has 2 heterocycles. The van der Waals surface area contributed by atoms with Gasteiger partial charge in [0.15, 0.2) is 0 Å². The smallest absolute Gasteiger partial charge is 0.339 e. The van der Waals surface area contributed by atoms with Crippen molar-refractivity contribution in [2.75, 3.05) is 7.11 Å². The van der Waals surface area contributed by atoms with Gasteiger partial charge in [0.2, 0.25) is 0 Å². The topological polar surface area (TPSA) is 63.8 Å². The Hall–Kier alpha value is -2.82. The molecule has 1 N–H and O–H groups in total. The van der Waals surface area contributed by atoms with Crippen molar-refractivity contribution in [3.8, 4) is 5.75 Å². The molecule has 0 radical (unpaired) electrons. The number of carbonyl (C=O) groups excluding carboxylic acids is 1. The number of fused-ring (bicyclic) bond motifs is 1. The van der Waals surface area contributed by atoms with Gasteiger partial charge in [0.1, 0.15) is 11.6 Å². The van der Waals surface area contributed by atoms with E-state index in [9.17, 15) is 9.90 Å². The van der Waals surface area contributed by atoms with Crippen molar-refractivity contribution < 1.29 is 14.6 Å². The zero-order chi connectivity index (χ0) is 14.8. The minimum Gasteiger partial charge on any atom is -0.508 e. The normalized spacial score (nSPS) is 10.7. The summed E-state index contributed by atoms with van der Waals surface area (Å²) in [7, 11) is 1.36. The number of phenols is 1. The maximum Gasteiger partial charge on any atom is 0.339 e. The number of imidazole rings is 1. The van der Waals surface area contributed by atoms with Gasteiger partial charge >= 0.3 is 5.97 Å². The zero-order valence-electron chi connectivity index (χ0n) is 11.5. The average Bonchev–Trinajstić information content (AvgIpc) is 2.89. The number of aromatic nitrogens is 2. The fourth-order valence-corrected chi connectivity index (χ4v) is 2.26. The minimum atomic E-state index is -0.381. The van der Waals surface area contributed by atoms with E-state index < -0.39 is 0 Å². The standard InChI is InChI=1S/C16H14N2O3/c1-21-16(20)12-5-6-13-9-17-15(18(13)10-12)8-11-3-2-4-14(19)7-11/h2-7,9-10,19H,8H2,1H3. The SMILES string of the molecule is COC(=O)c1ccc2cnc(Cc3cccc(O)c3)n2c1. The molecule has 5 heteroatoms. The molecular weight excluding hydrogens is 268 g/mol. The number of esters is 1. The second kappa shape index (κ2) is 5.28. The van der Waals surface area contributed by atoms with Gasteiger partial charge in [-0.25, -0.2) is 9.78 Å². The monoisotopic (exact) mass is 282 g/mol. The summed E-state index contributed by atoms with van der Waals surface area (Å²) in [5.74, 6) is 0.638.